The molecule has 20 heavy (non-hydrogen) atoms. The molecule has 0 aliphatic carbocycles. The van der Waals surface area contributed by atoms with Crippen molar-refractivity contribution in [2.24, 2.45) is 0 Å². The predicted octanol–water partition coefficient (Wildman–Crippen LogP) is 2.83. The molecule has 4 rings (SSSR count). The van der Waals surface area contributed by atoms with Crippen molar-refractivity contribution in [1.82, 2.24) is 14.7 Å². The summed E-state index contributed by atoms with van der Waals surface area (Å²) in [5.74, 6) is 0. The molecule has 0 spiro atoms. The summed E-state index contributed by atoms with van der Waals surface area (Å²) in [7, 11) is 0. The molecule has 0 atom stereocenters. The number of hydrogen-bond donors (Lipinski definition) is 0. The van der Waals surface area contributed by atoms with E-state index in [1.54, 1.807) is 0 Å². The lowest BCUT2D eigenvalue weighted by molar-refractivity contribution is -0.0733. The number of aromatic nitrogens is 2. The van der Waals surface area contributed by atoms with Crippen LogP contribution >= 0.6 is 15.9 Å². The maximum absolute atomic E-state index is 5.29. The van der Waals surface area contributed by atoms with Gasteiger partial charge in [0.05, 0.1) is 37.0 Å². The van der Waals surface area contributed by atoms with E-state index in [1.807, 2.05) is 6.20 Å². The summed E-state index contributed by atoms with van der Waals surface area (Å²) in [4.78, 5) is 2.57. The van der Waals surface area contributed by atoms with Crippen molar-refractivity contribution < 1.29 is 4.74 Å². The van der Waals surface area contributed by atoms with Crippen LogP contribution in [0.2, 0.25) is 0 Å². The first-order chi connectivity index (χ1) is 9.81. The molecule has 0 bridgehead atoms. The monoisotopic (exact) mass is 335 g/mol. The maximum atomic E-state index is 5.29. The average Bonchev–Trinajstić information content (AvgIpc) is 2.80. The van der Waals surface area contributed by atoms with Crippen LogP contribution in [-0.4, -0.2) is 47.0 Å². The molecule has 106 valence electrons. The molecule has 2 aliphatic heterocycles. The molecule has 0 N–H and O–H groups in total. The smallest absolute Gasteiger partial charge is 0.0696 e. The molecule has 2 aromatic rings. The van der Waals surface area contributed by atoms with Gasteiger partial charge in [-0.05, 0) is 25.0 Å². The molecule has 0 amide bonds. The maximum Gasteiger partial charge on any atom is 0.0696 e. The quantitative estimate of drug-likeness (QED) is 0.845. The molecule has 2 saturated heterocycles. The lowest BCUT2D eigenvalue weighted by Crippen LogP contribution is -2.51. The van der Waals surface area contributed by atoms with Crippen molar-refractivity contribution in [2.75, 3.05) is 26.3 Å². The second-order valence-corrected chi connectivity index (χ2v) is 6.67. The fourth-order valence-electron chi connectivity index (χ4n) is 3.23. The van der Waals surface area contributed by atoms with Gasteiger partial charge >= 0.3 is 0 Å². The molecule has 5 heteroatoms. The summed E-state index contributed by atoms with van der Waals surface area (Å²) in [6.45, 7) is 4.16. The molecule has 0 radical (unpaired) electrons. The van der Waals surface area contributed by atoms with Gasteiger partial charge in [-0.2, -0.15) is 5.10 Å². The van der Waals surface area contributed by atoms with Crippen molar-refractivity contribution >= 4 is 26.8 Å². The second kappa shape index (κ2) is 5.13. The summed E-state index contributed by atoms with van der Waals surface area (Å²) in [6.07, 6.45) is 4.34. The van der Waals surface area contributed by atoms with Gasteiger partial charge in [0.25, 0.3) is 0 Å². The van der Waals surface area contributed by atoms with E-state index in [-0.39, 0.29) is 0 Å². The molecule has 2 aliphatic rings. The Morgan fingerprint density at radius 2 is 1.95 bits per heavy atom. The van der Waals surface area contributed by atoms with Crippen LogP contribution in [-0.2, 0) is 4.74 Å². The van der Waals surface area contributed by atoms with Crippen LogP contribution in [0.1, 0.15) is 18.9 Å². The van der Waals surface area contributed by atoms with Crippen molar-refractivity contribution in [2.45, 2.75) is 24.9 Å². The van der Waals surface area contributed by atoms with Gasteiger partial charge < -0.3 is 4.74 Å². The van der Waals surface area contributed by atoms with Crippen molar-refractivity contribution in [3.63, 3.8) is 0 Å². The summed E-state index contributed by atoms with van der Waals surface area (Å²) in [6, 6.07) is 7.57. The fraction of sp³-hybridized carbons (Fsp3) is 0.533. The van der Waals surface area contributed by atoms with Gasteiger partial charge in [0, 0.05) is 22.9 Å². The van der Waals surface area contributed by atoms with Gasteiger partial charge in [-0.3, -0.25) is 9.58 Å². The van der Waals surface area contributed by atoms with E-state index >= 15 is 0 Å². The van der Waals surface area contributed by atoms with Gasteiger partial charge in [-0.15, -0.1) is 0 Å². The highest BCUT2D eigenvalue weighted by Gasteiger charge is 2.30. The Balaban J connectivity index is 1.53. The van der Waals surface area contributed by atoms with Crippen LogP contribution in [0.15, 0.2) is 28.9 Å². The van der Waals surface area contributed by atoms with E-state index < -0.39 is 0 Å². The number of likely N-dealkylation sites (tertiary alicyclic amines) is 1. The lowest BCUT2D eigenvalue weighted by atomic mass is 10.0. The average molecular weight is 336 g/mol. The highest BCUT2D eigenvalue weighted by atomic mass is 79.9. The highest BCUT2D eigenvalue weighted by Crippen LogP contribution is 2.29. The van der Waals surface area contributed by atoms with Crippen LogP contribution < -0.4 is 0 Å². The van der Waals surface area contributed by atoms with E-state index in [0.29, 0.717) is 12.1 Å². The van der Waals surface area contributed by atoms with Gasteiger partial charge in [-0.1, -0.05) is 22.0 Å². The number of ether oxygens (including phenoxy) is 1. The SMILES string of the molecule is Brc1ccc2cnn(C3CCN(C4COC4)CC3)c2c1. The Morgan fingerprint density at radius 1 is 1.15 bits per heavy atom. The molecule has 0 unspecified atom stereocenters. The number of rotatable bonds is 2. The zero-order chi connectivity index (χ0) is 13.5. The van der Waals surface area contributed by atoms with Gasteiger partial charge in [-0.25, -0.2) is 0 Å². The van der Waals surface area contributed by atoms with E-state index in [2.05, 4.69) is 48.8 Å². The lowest BCUT2D eigenvalue weighted by Gasteiger charge is -2.41. The Kier molecular flexibility index (Phi) is 3.28. The molecular formula is C15H18BrN3O. The number of nitrogens with zero attached hydrogens (tertiary/aromatic N) is 3. The Morgan fingerprint density at radius 3 is 2.65 bits per heavy atom. The van der Waals surface area contributed by atoms with E-state index in [9.17, 15) is 0 Å². The molecule has 3 heterocycles. The summed E-state index contributed by atoms with van der Waals surface area (Å²) >= 11 is 3.56. The minimum Gasteiger partial charge on any atom is -0.378 e. The molecule has 0 saturated carbocycles. The second-order valence-electron chi connectivity index (χ2n) is 5.75. The minimum atomic E-state index is 0.527. The first-order valence-electron chi connectivity index (χ1n) is 7.26. The third-order valence-electron chi connectivity index (χ3n) is 4.54. The van der Waals surface area contributed by atoms with Crippen LogP contribution in [0.3, 0.4) is 0 Å². The minimum absolute atomic E-state index is 0.527. The molecule has 4 nitrogen and oxygen atoms in total. The standard InChI is InChI=1S/C15H18BrN3O/c16-12-2-1-11-8-17-19(15(11)7-12)13-3-5-18(6-4-13)14-9-20-10-14/h1-2,7-8,13-14H,3-6,9-10H2. The topological polar surface area (TPSA) is 30.3 Å². The Hall–Kier alpha value is -0.910. The Bertz CT molecular complexity index is 615. The van der Waals surface area contributed by atoms with E-state index in [4.69, 9.17) is 4.74 Å². The van der Waals surface area contributed by atoms with Crippen LogP contribution in [0.4, 0.5) is 0 Å². The Labute approximate surface area is 126 Å². The highest BCUT2D eigenvalue weighted by molar-refractivity contribution is 9.10. The molecule has 1 aromatic carbocycles. The fourth-order valence-corrected chi connectivity index (χ4v) is 3.58. The van der Waals surface area contributed by atoms with E-state index in [1.165, 1.54) is 23.7 Å². The first-order valence-corrected chi connectivity index (χ1v) is 8.05. The van der Waals surface area contributed by atoms with Gasteiger partial charge in [0.1, 0.15) is 0 Å². The number of halogens is 1. The zero-order valence-electron chi connectivity index (χ0n) is 11.3. The number of benzene rings is 1. The summed E-state index contributed by atoms with van der Waals surface area (Å²) in [5, 5.41) is 5.84. The molecule has 1 aromatic heterocycles. The molecule has 2 fully saturated rings. The molecular weight excluding hydrogens is 318 g/mol. The van der Waals surface area contributed by atoms with Gasteiger partial charge in [0.2, 0.25) is 0 Å². The summed E-state index contributed by atoms with van der Waals surface area (Å²) in [5.41, 5.74) is 1.24. The van der Waals surface area contributed by atoms with Gasteiger partial charge in [0.15, 0.2) is 0 Å². The first kappa shape index (κ1) is 12.8. The van der Waals surface area contributed by atoms with Crippen LogP contribution in [0, 0.1) is 0 Å². The normalized spacial score (nSPS) is 22.2. The number of fused-ring (bicyclic) bond motifs is 1. The predicted molar refractivity (Wildman–Crippen MR) is 81.9 cm³/mol. The van der Waals surface area contributed by atoms with Crippen molar-refractivity contribution in [1.29, 1.82) is 0 Å². The van der Waals surface area contributed by atoms with Crippen LogP contribution in [0.5, 0.6) is 0 Å². The number of hydrogen-bond acceptors (Lipinski definition) is 3. The van der Waals surface area contributed by atoms with Crippen LogP contribution in [0.25, 0.3) is 10.9 Å². The van der Waals surface area contributed by atoms with Crippen molar-refractivity contribution in [3.8, 4) is 0 Å². The number of piperidine rings is 1. The third kappa shape index (κ3) is 2.18. The third-order valence-corrected chi connectivity index (χ3v) is 5.04. The zero-order valence-corrected chi connectivity index (χ0v) is 12.9. The van der Waals surface area contributed by atoms with E-state index in [0.717, 1.165) is 30.8 Å². The summed E-state index contributed by atoms with van der Waals surface area (Å²) < 4.78 is 8.63. The largest absolute Gasteiger partial charge is 0.378 e. The van der Waals surface area contributed by atoms with Crippen molar-refractivity contribution in [3.05, 3.63) is 28.9 Å².